The molecule has 0 saturated carbocycles. The fraction of sp³-hybridized carbons (Fsp3) is 0.250. The van der Waals surface area contributed by atoms with Gasteiger partial charge in [-0.2, -0.15) is 0 Å². The van der Waals surface area contributed by atoms with Gasteiger partial charge in [-0.3, -0.25) is 0 Å². The molecule has 0 aliphatic rings. The van der Waals surface area contributed by atoms with E-state index < -0.39 is 9.84 Å². The molecule has 4 aromatic rings. The van der Waals surface area contributed by atoms with Crippen molar-refractivity contribution in [2.45, 2.75) is 41.5 Å². The highest BCUT2D eigenvalue weighted by Gasteiger charge is 1.88. The molecule has 0 N–H and O–H groups in total. The summed E-state index contributed by atoms with van der Waals surface area (Å²) in [6.45, 7) is 12.8. The maximum Gasteiger partial charge on any atom is 0.144 e. The first kappa shape index (κ1) is 31.8. The summed E-state index contributed by atoms with van der Waals surface area (Å²) in [6.07, 6.45) is 2.32. The predicted molar refractivity (Wildman–Crippen MR) is 155 cm³/mol. The molecule has 0 aromatic heterocycles. The highest BCUT2D eigenvalue weighted by atomic mass is 32.2. The number of rotatable bonds is 0. The van der Waals surface area contributed by atoms with Crippen LogP contribution in [0.5, 0.6) is 0 Å². The number of sulfone groups is 1. The molecule has 2 nitrogen and oxygen atoms in total. The van der Waals surface area contributed by atoms with Crippen molar-refractivity contribution in [1.82, 2.24) is 0 Å². The van der Waals surface area contributed by atoms with Crippen LogP contribution in [-0.4, -0.2) is 20.9 Å². The second-order valence-electron chi connectivity index (χ2n) is 8.78. The standard InChI is InChI=1S/2C9H12.2C6H6.C2H6O2S/c2*1-7-4-8(2)6-9(3)5-7;2*1-2-4-6-5-3-1;1-5(2,3)4/h2*4-6H,1-3H3;2*1-6H;1-2H3. The Labute approximate surface area is 214 Å². The quantitative estimate of drug-likeness (QED) is 0.249. The van der Waals surface area contributed by atoms with Crippen LogP contribution in [0.2, 0.25) is 0 Å². The number of benzene rings is 4. The Kier molecular flexibility index (Phi) is 16.5. The summed E-state index contributed by atoms with van der Waals surface area (Å²) in [7, 11) is -2.67. The second-order valence-corrected chi connectivity index (χ2v) is 11.1. The van der Waals surface area contributed by atoms with Gasteiger partial charge in [0.1, 0.15) is 9.84 Å². The molecule has 0 radical (unpaired) electrons. The lowest BCUT2D eigenvalue weighted by Gasteiger charge is -1.96. The lowest BCUT2D eigenvalue weighted by atomic mass is 10.1. The molecule has 0 saturated heterocycles. The molecule has 4 aromatic carbocycles. The topological polar surface area (TPSA) is 34.1 Å². The van der Waals surface area contributed by atoms with Crippen LogP contribution >= 0.6 is 0 Å². The molecule has 4 rings (SSSR count). The summed E-state index contributed by atoms with van der Waals surface area (Å²) in [5, 5.41) is 0. The Hall–Kier alpha value is -3.17. The van der Waals surface area contributed by atoms with E-state index in [1.54, 1.807) is 0 Å². The highest BCUT2D eigenvalue weighted by Crippen LogP contribution is 2.07. The van der Waals surface area contributed by atoms with Gasteiger partial charge in [-0.05, 0) is 41.5 Å². The lowest BCUT2D eigenvalue weighted by molar-refractivity contribution is 0.607. The van der Waals surface area contributed by atoms with Crippen LogP contribution in [0.15, 0.2) is 109 Å². The first-order chi connectivity index (χ1) is 16.4. The van der Waals surface area contributed by atoms with Gasteiger partial charge in [-0.15, -0.1) is 0 Å². The molecule has 0 bridgehead atoms. The van der Waals surface area contributed by atoms with Gasteiger partial charge < -0.3 is 0 Å². The minimum Gasteiger partial charge on any atom is -0.229 e. The van der Waals surface area contributed by atoms with Crippen LogP contribution in [0, 0.1) is 41.5 Å². The molecular weight excluding hydrogens is 448 g/mol. The maximum atomic E-state index is 9.63. The SMILES string of the molecule is CS(C)(=O)=O.Cc1cc(C)cc(C)c1.Cc1cc(C)cc(C)c1.c1ccccc1.c1ccccc1. The van der Waals surface area contributed by atoms with Crippen LogP contribution in [0.1, 0.15) is 33.4 Å². The Morgan fingerprint density at radius 2 is 0.429 bits per heavy atom. The third kappa shape index (κ3) is 23.8. The van der Waals surface area contributed by atoms with Crippen LogP contribution in [0.4, 0.5) is 0 Å². The smallest absolute Gasteiger partial charge is 0.144 e. The van der Waals surface area contributed by atoms with Gasteiger partial charge in [0.15, 0.2) is 0 Å². The minimum atomic E-state index is -2.67. The first-order valence-electron chi connectivity index (χ1n) is 11.6. The van der Waals surface area contributed by atoms with Crippen molar-refractivity contribution in [3.8, 4) is 0 Å². The molecular formula is C32H42O2S. The summed E-state index contributed by atoms with van der Waals surface area (Å²) in [5.41, 5.74) is 8.13. The Balaban J connectivity index is 0.000000421. The molecule has 0 spiro atoms. The van der Waals surface area contributed by atoms with Crippen molar-refractivity contribution in [2.24, 2.45) is 0 Å². The molecule has 0 aliphatic heterocycles. The Bertz CT molecular complexity index is 923. The average Bonchev–Trinajstić information content (AvgIpc) is 2.74. The molecule has 0 amide bonds. The Morgan fingerprint density at radius 1 is 0.343 bits per heavy atom. The summed E-state index contributed by atoms with van der Waals surface area (Å²) < 4.78 is 19.3. The average molecular weight is 491 g/mol. The van der Waals surface area contributed by atoms with Crippen molar-refractivity contribution < 1.29 is 8.42 Å². The van der Waals surface area contributed by atoms with Crippen molar-refractivity contribution in [1.29, 1.82) is 0 Å². The van der Waals surface area contributed by atoms with Gasteiger partial charge in [-0.25, -0.2) is 8.42 Å². The van der Waals surface area contributed by atoms with Crippen LogP contribution in [0.25, 0.3) is 0 Å². The zero-order chi connectivity index (χ0) is 26.7. The van der Waals surface area contributed by atoms with E-state index in [1.165, 1.54) is 33.4 Å². The van der Waals surface area contributed by atoms with Crippen LogP contribution in [-0.2, 0) is 9.84 Å². The fourth-order valence-electron chi connectivity index (χ4n) is 3.17. The van der Waals surface area contributed by atoms with Crippen molar-refractivity contribution in [2.75, 3.05) is 12.5 Å². The zero-order valence-corrected chi connectivity index (χ0v) is 23.4. The number of hydrogen-bond acceptors (Lipinski definition) is 2. The molecule has 0 unspecified atom stereocenters. The molecule has 0 fully saturated rings. The van der Waals surface area contributed by atoms with E-state index in [9.17, 15) is 8.42 Å². The van der Waals surface area contributed by atoms with Crippen molar-refractivity contribution in [3.63, 3.8) is 0 Å². The van der Waals surface area contributed by atoms with Crippen LogP contribution < -0.4 is 0 Å². The summed E-state index contributed by atoms with van der Waals surface area (Å²) in [4.78, 5) is 0. The van der Waals surface area contributed by atoms with E-state index in [2.05, 4.69) is 77.9 Å². The molecule has 35 heavy (non-hydrogen) atoms. The van der Waals surface area contributed by atoms with E-state index in [-0.39, 0.29) is 0 Å². The molecule has 188 valence electrons. The summed E-state index contributed by atoms with van der Waals surface area (Å²) in [5.74, 6) is 0. The number of hydrogen-bond donors (Lipinski definition) is 0. The molecule has 0 aliphatic carbocycles. The van der Waals surface area contributed by atoms with E-state index in [0.717, 1.165) is 12.5 Å². The van der Waals surface area contributed by atoms with Gasteiger partial charge in [0.25, 0.3) is 0 Å². The molecule has 3 heteroatoms. The summed E-state index contributed by atoms with van der Waals surface area (Å²) in [6, 6.07) is 37.1. The van der Waals surface area contributed by atoms with Crippen molar-refractivity contribution in [3.05, 3.63) is 143 Å². The lowest BCUT2D eigenvalue weighted by Crippen LogP contribution is -1.86. The van der Waals surface area contributed by atoms with E-state index in [4.69, 9.17) is 0 Å². The zero-order valence-electron chi connectivity index (χ0n) is 22.6. The predicted octanol–water partition coefficient (Wildman–Crippen LogP) is 8.26. The third-order valence-electron chi connectivity index (χ3n) is 4.07. The van der Waals surface area contributed by atoms with Gasteiger partial charge in [0.2, 0.25) is 0 Å². The molecule has 0 heterocycles. The Morgan fingerprint density at radius 3 is 0.514 bits per heavy atom. The van der Waals surface area contributed by atoms with E-state index in [1.807, 2.05) is 72.8 Å². The monoisotopic (exact) mass is 490 g/mol. The molecule has 0 atom stereocenters. The number of aryl methyl sites for hydroxylation is 6. The van der Waals surface area contributed by atoms with Gasteiger partial charge in [0, 0.05) is 12.5 Å². The minimum absolute atomic E-state index is 1.16. The summed E-state index contributed by atoms with van der Waals surface area (Å²) >= 11 is 0. The van der Waals surface area contributed by atoms with Gasteiger partial charge >= 0.3 is 0 Å². The maximum absolute atomic E-state index is 9.63. The first-order valence-corrected chi connectivity index (χ1v) is 13.9. The van der Waals surface area contributed by atoms with Gasteiger partial charge in [-0.1, -0.05) is 143 Å². The van der Waals surface area contributed by atoms with E-state index in [0.29, 0.717) is 0 Å². The van der Waals surface area contributed by atoms with Crippen LogP contribution in [0.3, 0.4) is 0 Å². The third-order valence-corrected chi connectivity index (χ3v) is 4.07. The normalized spacial score (nSPS) is 9.37. The highest BCUT2D eigenvalue weighted by molar-refractivity contribution is 7.89. The second kappa shape index (κ2) is 18.2. The fourth-order valence-corrected chi connectivity index (χ4v) is 3.17. The van der Waals surface area contributed by atoms with E-state index >= 15 is 0 Å². The largest absolute Gasteiger partial charge is 0.229 e. The van der Waals surface area contributed by atoms with Crippen molar-refractivity contribution >= 4 is 9.84 Å². The van der Waals surface area contributed by atoms with Gasteiger partial charge in [0.05, 0.1) is 0 Å².